The van der Waals surface area contributed by atoms with Crippen LogP contribution < -0.4 is 0 Å². The predicted octanol–water partition coefficient (Wildman–Crippen LogP) is 9.28. The Hall–Kier alpha value is 0. The second-order valence-corrected chi connectivity index (χ2v) is 14.2. The molecule has 7 aliphatic carbocycles. The fraction of sp³-hybridized carbons (Fsp3) is 1.00. The van der Waals surface area contributed by atoms with E-state index < -0.39 is 0 Å². The van der Waals surface area contributed by atoms with E-state index in [9.17, 15) is 0 Å². The molecule has 0 N–H and O–H groups in total. The van der Waals surface area contributed by atoms with E-state index in [-0.39, 0.29) is 0 Å². The molecular formula is C31H52. The summed E-state index contributed by atoms with van der Waals surface area (Å²) in [7, 11) is 0. The Morgan fingerprint density at radius 2 is 1.32 bits per heavy atom. The molecule has 7 atom stereocenters. The second kappa shape index (κ2) is 8.65. The average molecular weight is 425 g/mol. The maximum atomic E-state index is 2.68. The summed E-state index contributed by atoms with van der Waals surface area (Å²) in [5.41, 5.74) is 0.836. The Kier molecular flexibility index (Phi) is 6.01. The summed E-state index contributed by atoms with van der Waals surface area (Å²) >= 11 is 0. The monoisotopic (exact) mass is 424 g/mol. The lowest BCUT2D eigenvalue weighted by molar-refractivity contribution is -0.0866. The highest BCUT2D eigenvalue weighted by Gasteiger charge is 2.55. The van der Waals surface area contributed by atoms with Crippen molar-refractivity contribution in [3.63, 3.8) is 0 Å². The van der Waals surface area contributed by atoms with Crippen LogP contribution in [0.3, 0.4) is 0 Å². The van der Waals surface area contributed by atoms with Crippen LogP contribution in [0.25, 0.3) is 0 Å². The summed E-state index contributed by atoms with van der Waals surface area (Å²) in [6.45, 7) is 5.12. The van der Waals surface area contributed by atoms with E-state index in [4.69, 9.17) is 0 Å². The molecule has 31 heavy (non-hydrogen) atoms. The van der Waals surface area contributed by atoms with Crippen LogP contribution >= 0.6 is 0 Å². The summed E-state index contributed by atoms with van der Waals surface area (Å²) in [6, 6.07) is 0. The molecule has 0 spiro atoms. The smallest absolute Gasteiger partial charge is 0.0261 e. The Balaban J connectivity index is 1.06. The molecule has 0 amide bonds. The highest BCUT2D eigenvalue weighted by Crippen LogP contribution is 2.65. The first-order valence-corrected chi connectivity index (χ1v) is 15.1. The van der Waals surface area contributed by atoms with Crippen LogP contribution in [-0.2, 0) is 0 Å². The highest BCUT2D eigenvalue weighted by atomic mass is 14.6. The van der Waals surface area contributed by atoms with Crippen molar-refractivity contribution in [1.29, 1.82) is 0 Å². The topological polar surface area (TPSA) is 0 Å². The van der Waals surface area contributed by atoms with Crippen molar-refractivity contribution in [1.82, 2.24) is 0 Å². The van der Waals surface area contributed by atoms with Gasteiger partial charge in [0.05, 0.1) is 0 Å². The molecule has 7 aliphatic rings. The van der Waals surface area contributed by atoms with Gasteiger partial charge in [0.25, 0.3) is 0 Å². The normalized spacial score (nSPS) is 53.6. The van der Waals surface area contributed by atoms with E-state index in [2.05, 4.69) is 13.8 Å². The first kappa shape index (κ1) is 21.5. The minimum absolute atomic E-state index is 0.836. The van der Waals surface area contributed by atoms with Gasteiger partial charge in [0.2, 0.25) is 0 Å². The lowest BCUT2D eigenvalue weighted by Gasteiger charge is -2.59. The van der Waals surface area contributed by atoms with Gasteiger partial charge in [0, 0.05) is 0 Å². The third-order valence-electron chi connectivity index (χ3n) is 12.6. The lowest BCUT2D eigenvalue weighted by Crippen LogP contribution is -2.49. The van der Waals surface area contributed by atoms with Gasteiger partial charge < -0.3 is 0 Å². The van der Waals surface area contributed by atoms with Gasteiger partial charge in [-0.1, -0.05) is 52.4 Å². The summed E-state index contributed by atoms with van der Waals surface area (Å²) in [5, 5.41) is 0. The summed E-state index contributed by atoms with van der Waals surface area (Å²) < 4.78 is 0. The van der Waals surface area contributed by atoms with Crippen molar-refractivity contribution < 1.29 is 0 Å². The molecule has 0 nitrogen and oxygen atoms in total. The molecule has 4 bridgehead atoms. The lowest BCUT2D eigenvalue weighted by atomic mass is 9.46. The molecule has 0 aromatic carbocycles. The Morgan fingerprint density at radius 1 is 0.645 bits per heavy atom. The first-order chi connectivity index (χ1) is 15.1. The molecular weight excluding hydrogens is 372 g/mol. The van der Waals surface area contributed by atoms with E-state index in [1.165, 1.54) is 25.7 Å². The molecule has 0 heteroatoms. The number of fused-ring (bicyclic) bond motifs is 1. The van der Waals surface area contributed by atoms with Crippen LogP contribution in [0.4, 0.5) is 0 Å². The standard InChI is InChI=1S/C31H52/c1-3-6-27-17-26(21(2)29-7-4-5-8-30(27)29)11-9-22-10-12-28(16-22)31-18-23-13-24(19-31)15-25(14-23)20-31/h21-30H,3-20H2,1-2H3. The van der Waals surface area contributed by atoms with E-state index in [1.54, 1.807) is 89.9 Å². The summed E-state index contributed by atoms with van der Waals surface area (Å²) in [6.07, 6.45) is 28.6. The van der Waals surface area contributed by atoms with Crippen LogP contribution in [-0.4, -0.2) is 0 Å². The minimum atomic E-state index is 0.836. The van der Waals surface area contributed by atoms with Crippen LogP contribution in [0.1, 0.15) is 129 Å². The van der Waals surface area contributed by atoms with E-state index in [0.29, 0.717) is 0 Å². The van der Waals surface area contributed by atoms with Gasteiger partial charge in [-0.2, -0.15) is 0 Å². The van der Waals surface area contributed by atoms with Crippen molar-refractivity contribution in [2.75, 3.05) is 0 Å². The molecule has 0 saturated heterocycles. The molecule has 7 rings (SSSR count). The predicted molar refractivity (Wildman–Crippen MR) is 132 cm³/mol. The van der Waals surface area contributed by atoms with Crippen molar-refractivity contribution in [2.45, 2.75) is 129 Å². The molecule has 7 fully saturated rings. The zero-order valence-electron chi connectivity index (χ0n) is 21.0. The largest absolute Gasteiger partial charge is 0.0654 e. The van der Waals surface area contributed by atoms with Crippen molar-refractivity contribution in [2.24, 2.45) is 64.6 Å². The number of rotatable bonds is 6. The van der Waals surface area contributed by atoms with E-state index in [0.717, 1.165) is 64.6 Å². The molecule has 7 saturated carbocycles. The van der Waals surface area contributed by atoms with Crippen molar-refractivity contribution >= 4 is 0 Å². The Bertz CT molecular complexity index is 582. The first-order valence-electron chi connectivity index (χ1n) is 15.1. The molecule has 7 unspecified atom stereocenters. The quantitative estimate of drug-likeness (QED) is 0.398. The number of hydrogen-bond acceptors (Lipinski definition) is 0. The summed E-state index contributed by atoms with van der Waals surface area (Å²) in [5.74, 6) is 11.0. The second-order valence-electron chi connectivity index (χ2n) is 14.2. The fourth-order valence-corrected chi connectivity index (χ4v) is 11.7. The van der Waals surface area contributed by atoms with Gasteiger partial charge >= 0.3 is 0 Å². The van der Waals surface area contributed by atoms with Crippen LogP contribution in [0.15, 0.2) is 0 Å². The van der Waals surface area contributed by atoms with Gasteiger partial charge in [0.15, 0.2) is 0 Å². The number of hydrogen-bond donors (Lipinski definition) is 0. The molecule has 0 aliphatic heterocycles. The third-order valence-corrected chi connectivity index (χ3v) is 12.6. The molecule has 0 heterocycles. The maximum Gasteiger partial charge on any atom is -0.0261 e. The van der Waals surface area contributed by atoms with Gasteiger partial charge in [-0.25, -0.2) is 0 Å². The molecule has 0 aromatic heterocycles. The Labute approximate surface area is 194 Å². The van der Waals surface area contributed by atoms with Gasteiger partial charge in [0.1, 0.15) is 0 Å². The van der Waals surface area contributed by atoms with Gasteiger partial charge in [-0.15, -0.1) is 0 Å². The average Bonchev–Trinajstić information content (AvgIpc) is 3.24. The fourth-order valence-electron chi connectivity index (χ4n) is 11.7. The maximum absolute atomic E-state index is 2.68. The minimum Gasteiger partial charge on any atom is -0.0654 e. The van der Waals surface area contributed by atoms with E-state index >= 15 is 0 Å². The van der Waals surface area contributed by atoms with Gasteiger partial charge in [-0.05, 0) is 142 Å². The summed E-state index contributed by atoms with van der Waals surface area (Å²) in [4.78, 5) is 0. The molecule has 0 aromatic rings. The Morgan fingerprint density at radius 3 is 2.00 bits per heavy atom. The van der Waals surface area contributed by atoms with Crippen LogP contribution in [0, 0.1) is 64.6 Å². The third kappa shape index (κ3) is 3.97. The molecule has 176 valence electrons. The zero-order chi connectivity index (χ0) is 21.0. The van der Waals surface area contributed by atoms with Crippen molar-refractivity contribution in [3.05, 3.63) is 0 Å². The highest BCUT2D eigenvalue weighted by molar-refractivity contribution is 5.05. The van der Waals surface area contributed by atoms with Crippen LogP contribution in [0.5, 0.6) is 0 Å². The van der Waals surface area contributed by atoms with Gasteiger partial charge in [-0.3, -0.25) is 0 Å². The SMILES string of the molecule is CCCC1CC(CCC2CCC(C34CC5CC(CC(C5)C3)C4)C2)C(C)C2CCCCC12. The van der Waals surface area contributed by atoms with Crippen molar-refractivity contribution in [3.8, 4) is 0 Å². The molecule has 0 radical (unpaired) electrons. The van der Waals surface area contributed by atoms with E-state index in [1.807, 2.05) is 0 Å². The zero-order valence-corrected chi connectivity index (χ0v) is 21.0. The van der Waals surface area contributed by atoms with Crippen LogP contribution in [0.2, 0.25) is 0 Å².